The highest BCUT2D eigenvalue weighted by Crippen LogP contribution is 2.31. The summed E-state index contributed by atoms with van der Waals surface area (Å²) in [7, 11) is -3.32. The van der Waals surface area contributed by atoms with Gasteiger partial charge in [0.1, 0.15) is 0 Å². The van der Waals surface area contributed by atoms with Crippen molar-refractivity contribution in [3.63, 3.8) is 0 Å². The topological polar surface area (TPSA) is 76.3 Å². The fourth-order valence-corrected chi connectivity index (χ4v) is 5.57. The van der Waals surface area contributed by atoms with Gasteiger partial charge in [-0.25, -0.2) is 12.7 Å². The summed E-state index contributed by atoms with van der Waals surface area (Å²) in [4.78, 5) is 0. The second-order valence-electron chi connectivity index (χ2n) is 6.88. The monoisotopic (exact) mass is 403 g/mol. The molecule has 3 heterocycles. The minimum atomic E-state index is -3.32. The molecule has 0 spiro atoms. The van der Waals surface area contributed by atoms with Crippen molar-refractivity contribution in [3.8, 4) is 11.5 Å². The summed E-state index contributed by atoms with van der Waals surface area (Å²) >= 11 is 1.58. The lowest BCUT2D eigenvalue weighted by Gasteiger charge is -2.29. The maximum absolute atomic E-state index is 12.7. The van der Waals surface area contributed by atoms with Crippen molar-refractivity contribution < 1.29 is 12.8 Å². The number of sulfonamides is 1. The van der Waals surface area contributed by atoms with Crippen LogP contribution in [0.2, 0.25) is 0 Å². The molecule has 1 aliphatic rings. The number of aryl methyl sites for hydroxylation is 1. The lowest BCUT2D eigenvalue weighted by molar-refractivity contribution is 0.291. The van der Waals surface area contributed by atoms with Gasteiger partial charge in [0.05, 0.1) is 5.75 Å². The van der Waals surface area contributed by atoms with Crippen LogP contribution < -0.4 is 0 Å². The van der Waals surface area contributed by atoms with Gasteiger partial charge >= 0.3 is 0 Å². The predicted octanol–water partition coefficient (Wildman–Crippen LogP) is 3.82. The number of aromatic nitrogens is 2. The van der Waals surface area contributed by atoms with E-state index in [2.05, 4.69) is 10.2 Å². The average Bonchev–Trinajstić information content (AvgIpc) is 3.33. The second-order valence-corrected chi connectivity index (χ2v) is 9.63. The molecule has 27 heavy (non-hydrogen) atoms. The number of nitrogens with zero attached hydrogens (tertiary/aromatic N) is 3. The first kappa shape index (κ1) is 18.3. The molecule has 1 aromatic carbocycles. The highest BCUT2D eigenvalue weighted by molar-refractivity contribution is 7.88. The zero-order valence-electron chi connectivity index (χ0n) is 15.0. The molecule has 6 nitrogen and oxygen atoms in total. The van der Waals surface area contributed by atoms with Gasteiger partial charge in [0.2, 0.25) is 21.8 Å². The van der Waals surface area contributed by atoms with Crippen molar-refractivity contribution in [1.29, 1.82) is 0 Å². The van der Waals surface area contributed by atoms with Gasteiger partial charge in [-0.05, 0) is 36.8 Å². The fourth-order valence-electron chi connectivity index (χ4n) is 3.39. The van der Waals surface area contributed by atoms with E-state index in [1.54, 1.807) is 15.6 Å². The second kappa shape index (κ2) is 7.53. The summed E-state index contributed by atoms with van der Waals surface area (Å²) in [6, 6.07) is 9.60. The van der Waals surface area contributed by atoms with Crippen molar-refractivity contribution in [2.45, 2.75) is 31.4 Å². The van der Waals surface area contributed by atoms with Crippen LogP contribution in [0.4, 0.5) is 0 Å². The molecule has 0 aliphatic carbocycles. The van der Waals surface area contributed by atoms with Gasteiger partial charge in [-0.2, -0.15) is 11.3 Å². The smallest absolute Gasteiger partial charge is 0.248 e. The summed E-state index contributed by atoms with van der Waals surface area (Å²) in [5, 5.41) is 12.2. The normalized spacial score (nSPS) is 16.6. The van der Waals surface area contributed by atoms with Crippen LogP contribution in [0.1, 0.15) is 35.8 Å². The van der Waals surface area contributed by atoms with Crippen molar-refractivity contribution in [1.82, 2.24) is 14.5 Å². The maximum atomic E-state index is 12.7. The summed E-state index contributed by atoms with van der Waals surface area (Å²) in [5.74, 6) is 1.28. The minimum Gasteiger partial charge on any atom is -0.420 e. The number of thiophene rings is 1. The maximum Gasteiger partial charge on any atom is 0.248 e. The molecule has 0 bridgehead atoms. The molecule has 1 saturated heterocycles. The molecule has 2 aromatic heterocycles. The van der Waals surface area contributed by atoms with E-state index in [-0.39, 0.29) is 11.7 Å². The quantitative estimate of drug-likeness (QED) is 0.647. The van der Waals surface area contributed by atoms with E-state index in [1.807, 2.05) is 48.0 Å². The minimum absolute atomic E-state index is 0.0439. The SMILES string of the molecule is Cc1cccc(CS(=O)(=O)N2CCC(c3nnc(-c4ccsc4)o3)CC2)c1. The van der Waals surface area contributed by atoms with Gasteiger partial charge in [-0.1, -0.05) is 29.8 Å². The van der Waals surface area contributed by atoms with Crippen LogP contribution in [-0.2, 0) is 15.8 Å². The summed E-state index contributed by atoms with van der Waals surface area (Å²) in [6.45, 7) is 2.93. The Hall–Kier alpha value is -2.03. The molecule has 1 fully saturated rings. The Bertz CT molecular complexity index is 1000. The van der Waals surface area contributed by atoms with Crippen LogP contribution in [0.15, 0.2) is 45.5 Å². The zero-order valence-corrected chi connectivity index (χ0v) is 16.7. The number of rotatable bonds is 5. The summed E-state index contributed by atoms with van der Waals surface area (Å²) < 4.78 is 32.9. The lowest BCUT2D eigenvalue weighted by Crippen LogP contribution is -2.38. The van der Waals surface area contributed by atoms with Crippen molar-refractivity contribution >= 4 is 21.4 Å². The first-order chi connectivity index (χ1) is 13.0. The summed E-state index contributed by atoms with van der Waals surface area (Å²) in [6.07, 6.45) is 1.39. The predicted molar refractivity (Wildman–Crippen MR) is 105 cm³/mol. The average molecular weight is 404 g/mol. The van der Waals surface area contributed by atoms with Crippen molar-refractivity contribution in [2.24, 2.45) is 0 Å². The van der Waals surface area contributed by atoms with Gasteiger partial charge < -0.3 is 4.42 Å². The Morgan fingerprint density at radius 2 is 2.04 bits per heavy atom. The Labute approximate surface area is 162 Å². The van der Waals surface area contributed by atoms with Crippen LogP contribution in [-0.4, -0.2) is 36.0 Å². The van der Waals surface area contributed by atoms with Gasteiger partial charge in [0.15, 0.2) is 0 Å². The molecule has 142 valence electrons. The van der Waals surface area contributed by atoms with E-state index in [4.69, 9.17) is 4.42 Å². The third kappa shape index (κ3) is 4.12. The Balaban J connectivity index is 1.40. The molecule has 0 atom stereocenters. The van der Waals surface area contributed by atoms with E-state index < -0.39 is 10.0 Å². The van der Waals surface area contributed by atoms with Crippen LogP contribution in [0.3, 0.4) is 0 Å². The lowest BCUT2D eigenvalue weighted by atomic mass is 9.98. The standard InChI is InChI=1S/C19H21N3O3S2/c1-14-3-2-4-15(11-14)13-27(23,24)22-8-5-16(6-9-22)18-20-21-19(25-18)17-7-10-26-12-17/h2-4,7,10-12,16H,5-6,8-9,13H2,1H3. The third-order valence-corrected chi connectivity index (χ3v) is 7.37. The van der Waals surface area contributed by atoms with Gasteiger partial charge in [0, 0.05) is 30.0 Å². The molecule has 0 radical (unpaired) electrons. The fraction of sp³-hybridized carbons (Fsp3) is 0.368. The largest absolute Gasteiger partial charge is 0.420 e. The van der Waals surface area contributed by atoms with Crippen LogP contribution in [0.25, 0.3) is 11.5 Å². The van der Waals surface area contributed by atoms with E-state index in [9.17, 15) is 8.42 Å². The molecule has 8 heteroatoms. The van der Waals surface area contributed by atoms with E-state index in [0.29, 0.717) is 37.7 Å². The number of piperidine rings is 1. The number of hydrogen-bond donors (Lipinski definition) is 0. The molecule has 3 aromatic rings. The first-order valence-corrected chi connectivity index (χ1v) is 11.5. The number of benzene rings is 1. The van der Waals surface area contributed by atoms with Crippen LogP contribution >= 0.6 is 11.3 Å². The number of hydrogen-bond acceptors (Lipinski definition) is 6. The Kier molecular flexibility index (Phi) is 5.12. The molecule has 0 amide bonds. The molecule has 0 unspecified atom stereocenters. The van der Waals surface area contributed by atoms with E-state index in [1.165, 1.54) is 0 Å². The van der Waals surface area contributed by atoms with Gasteiger partial charge in [-0.3, -0.25) is 0 Å². The molecular formula is C19H21N3O3S2. The first-order valence-electron chi connectivity index (χ1n) is 8.90. The summed E-state index contributed by atoms with van der Waals surface area (Å²) in [5.41, 5.74) is 2.82. The van der Waals surface area contributed by atoms with Gasteiger partial charge in [0.25, 0.3) is 0 Å². The van der Waals surface area contributed by atoms with Gasteiger partial charge in [-0.15, -0.1) is 10.2 Å². The van der Waals surface area contributed by atoms with Crippen LogP contribution in [0.5, 0.6) is 0 Å². The highest BCUT2D eigenvalue weighted by Gasteiger charge is 2.31. The molecule has 0 saturated carbocycles. The van der Waals surface area contributed by atoms with E-state index in [0.717, 1.165) is 16.7 Å². The molecule has 1 aliphatic heterocycles. The highest BCUT2D eigenvalue weighted by atomic mass is 32.2. The van der Waals surface area contributed by atoms with Crippen LogP contribution in [0, 0.1) is 6.92 Å². The molecular weight excluding hydrogens is 382 g/mol. The third-order valence-electron chi connectivity index (χ3n) is 4.84. The molecule has 4 rings (SSSR count). The Morgan fingerprint density at radius 3 is 2.74 bits per heavy atom. The Morgan fingerprint density at radius 1 is 1.22 bits per heavy atom. The zero-order chi connectivity index (χ0) is 18.9. The van der Waals surface area contributed by atoms with Crippen molar-refractivity contribution in [3.05, 3.63) is 58.1 Å². The van der Waals surface area contributed by atoms with E-state index >= 15 is 0 Å². The van der Waals surface area contributed by atoms with Crippen molar-refractivity contribution in [2.75, 3.05) is 13.1 Å². The molecule has 0 N–H and O–H groups in total.